The molecule has 1 aliphatic heterocycles. The summed E-state index contributed by atoms with van der Waals surface area (Å²) in [6.45, 7) is 10.2. The van der Waals surface area contributed by atoms with Gasteiger partial charge in [-0.2, -0.15) is 0 Å². The van der Waals surface area contributed by atoms with Crippen LogP contribution in [-0.2, 0) is 11.3 Å². The molecule has 1 heterocycles. The van der Waals surface area contributed by atoms with Gasteiger partial charge in [-0.3, -0.25) is 0 Å². The lowest BCUT2D eigenvalue weighted by molar-refractivity contribution is 0.127. The van der Waals surface area contributed by atoms with E-state index in [9.17, 15) is 5.11 Å². The summed E-state index contributed by atoms with van der Waals surface area (Å²) in [5.41, 5.74) is 3.81. The lowest BCUT2D eigenvalue weighted by Crippen LogP contribution is -2.44. The standard InChI is InChI=1S/C19H31N3O2/c1-4-20-18(21-12-17-6-5-15(2)11-16(17)3)22-13-19(7-9-23)8-10-24-14-19/h5-6,11,23H,4,7-10,12-14H2,1-3H3,(H2,20,21,22). The first-order chi connectivity index (χ1) is 11.6. The maximum atomic E-state index is 9.34. The Morgan fingerprint density at radius 3 is 2.79 bits per heavy atom. The molecule has 1 unspecified atom stereocenters. The second-order valence-corrected chi connectivity index (χ2v) is 6.75. The fraction of sp³-hybridized carbons (Fsp3) is 0.632. The monoisotopic (exact) mass is 333 g/mol. The van der Waals surface area contributed by atoms with Crippen LogP contribution in [0.4, 0.5) is 0 Å². The van der Waals surface area contributed by atoms with Gasteiger partial charge in [0.25, 0.3) is 0 Å². The quantitative estimate of drug-likeness (QED) is 0.528. The Morgan fingerprint density at radius 2 is 2.17 bits per heavy atom. The van der Waals surface area contributed by atoms with Gasteiger partial charge in [-0.15, -0.1) is 0 Å². The number of ether oxygens (including phenoxy) is 1. The van der Waals surface area contributed by atoms with Crippen molar-refractivity contribution in [2.24, 2.45) is 10.4 Å². The molecule has 2 rings (SSSR count). The number of aryl methyl sites for hydroxylation is 2. The highest BCUT2D eigenvalue weighted by atomic mass is 16.5. The number of hydrogen-bond acceptors (Lipinski definition) is 3. The van der Waals surface area contributed by atoms with Gasteiger partial charge in [-0.05, 0) is 44.7 Å². The molecule has 5 nitrogen and oxygen atoms in total. The number of hydrogen-bond donors (Lipinski definition) is 3. The topological polar surface area (TPSA) is 65.9 Å². The molecule has 0 amide bonds. The van der Waals surface area contributed by atoms with Crippen LogP contribution in [0.3, 0.4) is 0 Å². The number of benzene rings is 1. The summed E-state index contributed by atoms with van der Waals surface area (Å²) in [7, 11) is 0. The predicted octanol–water partition coefficient (Wildman–Crippen LogP) is 2.15. The fourth-order valence-corrected chi connectivity index (χ4v) is 3.11. The van der Waals surface area contributed by atoms with Gasteiger partial charge < -0.3 is 20.5 Å². The van der Waals surface area contributed by atoms with Crippen LogP contribution >= 0.6 is 0 Å². The molecule has 0 radical (unpaired) electrons. The van der Waals surface area contributed by atoms with Gasteiger partial charge in [0.15, 0.2) is 5.96 Å². The Hall–Kier alpha value is -1.59. The molecule has 0 saturated carbocycles. The molecule has 1 aromatic carbocycles. The molecule has 1 aliphatic rings. The number of aliphatic hydroxyl groups is 1. The minimum Gasteiger partial charge on any atom is -0.396 e. The largest absolute Gasteiger partial charge is 0.396 e. The molecule has 1 atom stereocenters. The van der Waals surface area contributed by atoms with Crippen molar-refractivity contribution in [3.05, 3.63) is 34.9 Å². The van der Waals surface area contributed by atoms with Crippen molar-refractivity contribution in [1.29, 1.82) is 0 Å². The van der Waals surface area contributed by atoms with Gasteiger partial charge in [-0.1, -0.05) is 23.8 Å². The summed E-state index contributed by atoms with van der Waals surface area (Å²) < 4.78 is 5.55. The van der Waals surface area contributed by atoms with E-state index >= 15 is 0 Å². The van der Waals surface area contributed by atoms with Crippen LogP contribution < -0.4 is 10.6 Å². The van der Waals surface area contributed by atoms with E-state index in [1.54, 1.807) is 0 Å². The van der Waals surface area contributed by atoms with Crippen LogP contribution in [0.15, 0.2) is 23.2 Å². The van der Waals surface area contributed by atoms with Gasteiger partial charge in [0.05, 0.1) is 13.2 Å². The summed E-state index contributed by atoms with van der Waals surface area (Å²) in [5, 5.41) is 16.1. The summed E-state index contributed by atoms with van der Waals surface area (Å²) in [4.78, 5) is 4.72. The number of aliphatic hydroxyl groups excluding tert-OH is 1. The van der Waals surface area contributed by atoms with E-state index in [2.05, 4.69) is 49.6 Å². The van der Waals surface area contributed by atoms with Crippen molar-refractivity contribution >= 4 is 5.96 Å². The fourth-order valence-electron chi connectivity index (χ4n) is 3.11. The number of aliphatic imine (C=N–C) groups is 1. The first kappa shape index (κ1) is 18.7. The summed E-state index contributed by atoms with van der Waals surface area (Å²) in [5.74, 6) is 0.821. The molecular weight excluding hydrogens is 302 g/mol. The van der Waals surface area contributed by atoms with Gasteiger partial charge in [0.1, 0.15) is 0 Å². The molecule has 24 heavy (non-hydrogen) atoms. The van der Waals surface area contributed by atoms with Crippen molar-refractivity contribution in [2.45, 2.75) is 40.2 Å². The van der Waals surface area contributed by atoms with Gasteiger partial charge >= 0.3 is 0 Å². The van der Waals surface area contributed by atoms with E-state index < -0.39 is 0 Å². The van der Waals surface area contributed by atoms with E-state index in [1.807, 2.05) is 0 Å². The minimum absolute atomic E-state index is 0.0186. The number of rotatable bonds is 7. The molecule has 1 saturated heterocycles. The molecule has 0 bridgehead atoms. The smallest absolute Gasteiger partial charge is 0.191 e. The predicted molar refractivity (Wildman–Crippen MR) is 98.3 cm³/mol. The average Bonchev–Trinajstić information content (AvgIpc) is 3.01. The normalized spacial score (nSPS) is 21.1. The van der Waals surface area contributed by atoms with Crippen LogP contribution in [0.1, 0.15) is 36.5 Å². The molecule has 3 N–H and O–H groups in total. The molecule has 0 aliphatic carbocycles. The molecule has 134 valence electrons. The SMILES string of the molecule is CCNC(=NCc1ccc(C)cc1C)NCC1(CCO)CCOC1. The highest BCUT2D eigenvalue weighted by Crippen LogP contribution is 2.31. The zero-order valence-corrected chi connectivity index (χ0v) is 15.2. The van der Waals surface area contributed by atoms with Gasteiger partial charge in [-0.25, -0.2) is 4.99 Å². The van der Waals surface area contributed by atoms with Crippen LogP contribution in [0.5, 0.6) is 0 Å². The summed E-state index contributed by atoms with van der Waals surface area (Å²) in [6, 6.07) is 6.47. The van der Waals surface area contributed by atoms with Crippen molar-refractivity contribution in [3.8, 4) is 0 Å². The lowest BCUT2D eigenvalue weighted by Gasteiger charge is -2.27. The molecule has 1 aromatic rings. The van der Waals surface area contributed by atoms with E-state index in [-0.39, 0.29) is 12.0 Å². The van der Waals surface area contributed by atoms with Crippen LogP contribution in [0.2, 0.25) is 0 Å². The first-order valence-electron chi connectivity index (χ1n) is 8.85. The number of guanidine groups is 1. The Morgan fingerprint density at radius 1 is 1.33 bits per heavy atom. The third-order valence-corrected chi connectivity index (χ3v) is 4.71. The lowest BCUT2D eigenvalue weighted by atomic mass is 9.84. The molecule has 5 heteroatoms. The highest BCUT2D eigenvalue weighted by Gasteiger charge is 2.34. The Labute approximate surface area is 145 Å². The van der Waals surface area contributed by atoms with Crippen molar-refractivity contribution in [3.63, 3.8) is 0 Å². The Balaban J connectivity index is 1.99. The van der Waals surface area contributed by atoms with Crippen molar-refractivity contribution in [1.82, 2.24) is 10.6 Å². The third kappa shape index (κ3) is 5.21. The third-order valence-electron chi connectivity index (χ3n) is 4.71. The van der Waals surface area contributed by atoms with Crippen molar-refractivity contribution < 1.29 is 9.84 Å². The Bertz CT molecular complexity index is 552. The van der Waals surface area contributed by atoms with E-state index in [1.165, 1.54) is 16.7 Å². The molecule has 0 spiro atoms. The van der Waals surface area contributed by atoms with Gasteiger partial charge in [0.2, 0.25) is 0 Å². The highest BCUT2D eigenvalue weighted by molar-refractivity contribution is 5.79. The number of nitrogens with zero attached hydrogens (tertiary/aromatic N) is 1. The second kappa shape index (κ2) is 9.04. The molecule has 1 fully saturated rings. The van der Waals surface area contributed by atoms with Gasteiger partial charge in [0, 0.05) is 31.7 Å². The van der Waals surface area contributed by atoms with Crippen LogP contribution in [0, 0.1) is 19.3 Å². The Kier molecular flexibility index (Phi) is 7.06. The van der Waals surface area contributed by atoms with E-state index in [0.29, 0.717) is 13.2 Å². The minimum atomic E-state index is 0.0186. The maximum Gasteiger partial charge on any atom is 0.191 e. The molecule has 0 aromatic heterocycles. The van der Waals surface area contributed by atoms with Crippen LogP contribution in [-0.4, -0.2) is 44.0 Å². The van der Waals surface area contributed by atoms with E-state index in [4.69, 9.17) is 9.73 Å². The second-order valence-electron chi connectivity index (χ2n) is 6.75. The maximum absolute atomic E-state index is 9.34. The number of nitrogens with one attached hydrogen (secondary N) is 2. The summed E-state index contributed by atoms with van der Waals surface area (Å²) in [6.07, 6.45) is 1.74. The van der Waals surface area contributed by atoms with Crippen LogP contribution in [0.25, 0.3) is 0 Å². The van der Waals surface area contributed by atoms with Crippen molar-refractivity contribution in [2.75, 3.05) is 32.9 Å². The summed E-state index contributed by atoms with van der Waals surface area (Å²) >= 11 is 0. The molecular formula is C19H31N3O2. The zero-order chi connectivity index (χ0) is 17.4. The average molecular weight is 333 g/mol. The zero-order valence-electron chi connectivity index (χ0n) is 15.2. The first-order valence-corrected chi connectivity index (χ1v) is 8.85. The van der Waals surface area contributed by atoms with E-state index in [0.717, 1.165) is 38.5 Å².